The molecule has 1 amide bonds. The van der Waals surface area contributed by atoms with Crippen LogP contribution in [0.25, 0.3) is 0 Å². The Bertz CT molecular complexity index is 976. The van der Waals surface area contributed by atoms with Crippen LogP contribution >= 0.6 is 11.3 Å². The summed E-state index contributed by atoms with van der Waals surface area (Å²) in [5, 5.41) is 2.76. The molecular formula is C17H19N3O4S2. The molecule has 138 valence electrons. The van der Waals surface area contributed by atoms with Crippen molar-refractivity contribution in [2.24, 2.45) is 5.41 Å². The van der Waals surface area contributed by atoms with Crippen LogP contribution in [0.1, 0.15) is 42.6 Å². The number of anilines is 2. The van der Waals surface area contributed by atoms with Crippen molar-refractivity contribution < 1.29 is 18.0 Å². The SMILES string of the molecule is CC(=O)Nc1ccc(S(=O)(=O)Nc2nc3c(s2)C(=O)CC(C)(C)C3)cc1. The van der Waals surface area contributed by atoms with Crippen molar-refractivity contribution in [3.05, 3.63) is 34.8 Å². The van der Waals surface area contributed by atoms with Crippen molar-refractivity contribution in [2.75, 3.05) is 10.0 Å². The second-order valence-electron chi connectivity index (χ2n) is 7.05. The molecule has 7 nitrogen and oxygen atoms in total. The lowest BCUT2D eigenvalue weighted by Crippen LogP contribution is -2.26. The Labute approximate surface area is 155 Å². The van der Waals surface area contributed by atoms with Gasteiger partial charge in [-0.3, -0.25) is 14.3 Å². The first kappa shape index (κ1) is 18.5. The number of hydrogen-bond acceptors (Lipinski definition) is 6. The zero-order chi connectivity index (χ0) is 19.1. The van der Waals surface area contributed by atoms with Gasteiger partial charge in [0.05, 0.1) is 15.5 Å². The summed E-state index contributed by atoms with van der Waals surface area (Å²) < 4.78 is 27.5. The number of Topliss-reactive ketones (excluding diaryl/α,β-unsaturated/α-hetero) is 1. The molecule has 0 saturated heterocycles. The molecule has 0 radical (unpaired) electrons. The number of hydrogen-bond donors (Lipinski definition) is 2. The van der Waals surface area contributed by atoms with Gasteiger partial charge >= 0.3 is 0 Å². The highest BCUT2D eigenvalue weighted by Crippen LogP contribution is 2.38. The third kappa shape index (κ3) is 3.94. The molecule has 26 heavy (non-hydrogen) atoms. The average molecular weight is 393 g/mol. The van der Waals surface area contributed by atoms with Gasteiger partial charge in [0.25, 0.3) is 10.0 Å². The van der Waals surface area contributed by atoms with E-state index >= 15 is 0 Å². The fourth-order valence-corrected chi connectivity index (χ4v) is 5.01. The van der Waals surface area contributed by atoms with Gasteiger partial charge in [-0.1, -0.05) is 25.2 Å². The summed E-state index contributed by atoms with van der Waals surface area (Å²) >= 11 is 1.07. The Morgan fingerprint density at radius 2 is 1.85 bits per heavy atom. The van der Waals surface area contributed by atoms with Gasteiger partial charge < -0.3 is 5.32 Å². The lowest BCUT2D eigenvalue weighted by Gasteiger charge is -2.26. The van der Waals surface area contributed by atoms with Gasteiger partial charge in [-0.15, -0.1) is 0 Å². The van der Waals surface area contributed by atoms with Gasteiger partial charge in [0.15, 0.2) is 10.9 Å². The maximum absolute atomic E-state index is 12.5. The summed E-state index contributed by atoms with van der Waals surface area (Å²) in [7, 11) is -3.83. The largest absolute Gasteiger partial charge is 0.326 e. The van der Waals surface area contributed by atoms with E-state index in [4.69, 9.17) is 0 Å². The van der Waals surface area contributed by atoms with Gasteiger partial charge in [-0.25, -0.2) is 13.4 Å². The predicted octanol–water partition coefficient (Wildman–Crippen LogP) is 3.06. The van der Waals surface area contributed by atoms with E-state index in [0.717, 1.165) is 11.3 Å². The zero-order valence-corrected chi connectivity index (χ0v) is 16.3. The Kier molecular flexibility index (Phi) is 4.61. The number of ketones is 1. The summed E-state index contributed by atoms with van der Waals surface area (Å²) in [6.07, 6.45) is 1.07. The third-order valence-corrected chi connectivity index (χ3v) is 6.48. The molecule has 1 aromatic heterocycles. The molecular weight excluding hydrogens is 374 g/mol. The maximum Gasteiger partial charge on any atom is 0.263 e. The molecule has 2 aromatic rings. The number of benzene rings is 1. The van der Waals surface area contributed by atoms with Crippen LogP contribution in [0.15, 0.2) is 29.2 Å². The Balaban J connectivity index is 1.82. The average Bonchev–Trinajstić information content (AvgIpc) is 2.87. The minimum atomic E-state index is -3.83. The van der Waals surface area contributed by atoms with Crippen molar-refractivity contribution in [2.45, 2.75) is 38.5 Å². The molecule has 2 N–H and O–H groups in total. The summed E-state index contributed by atoms with van der Waals surface area (Å²) in [6.45, 7) is 5.36. The van der Waals surface area contributed by atoms with Crippen LogP contribution in [0.5, 0.6) is 0 Å². The first-order valence-corrected chi connectivity index (χ1v) is 10.3. The highest BCUT2D eigenvalue weighted by atomic mass is 32.2. The van der Waals surface area contributed by atoms with Crippen LogP contribution in [0, 0.1) is 5.41 Å². The van der Waals surface area contributed by atoms with E-state index in [0.29, 0.717) is 29.1 Å². The number of rotatable bonds is 4. The van der Waals surface area contributed by atoms with Crippen LogP contribution in [0.2, 0.25) is 0 Å². The number of carbonyl (C=O) groups is 2. The summed E-state index contributed by atoms with van der Waals surface area (Å²) in [4.78, 5) is 28.2. The molecule has 1 heterocycles. The highest BCUT2D eigenvalue weighted by Gasteiger charge is 2.34. The molecule has 0 unspecified atom stereocenters. The standard InChI is InChI=1S/C17H19N3O4S2/c1-10(21)18-11-4-6-12(7-5-11)26(23,24)20-16-19-13-8-17(2,3)9-14(22)15(13)25-16/h4-7H,8-9H2,1-3H3,(H,18,21)(H,19,20). The van der Waals surface area contributed by atoms with Crippen LogP contribution in [0.4, 0.5) is 10.8 Å². The van der Waals surface area contributed by atoms with E-state index in [1.54, 1.807) is 0 Å². The molecule has 3 rings (SSSR count). The number of nitrogens with one attached hydrogen (secondary N) is 2. The van der Waals surface area contributed by atoms with E-state index in [9.17, 15) is 18.0 Å². The highest BCUT2D eigenvalue weighted by molar-refractivity contribution is 7.93. The monoisotopic (exact) mass is 393 g/mol. The first-order valence-electron chi connectivity index (χ1n) is 7.99. The second kappa shape index (κ2) is 6.48. The number of fused-ring (bicyclic) bond motifs is 1. The molecule has 1 aromatic carbocycles. The van der Waals surface area contributed by atoms with Gasteiger partial charge in [-0.05, 0) is 36.1 Å². The van der Waals surface area contributed by atoms with E-state index in [1.165, 1.54) is 31.2 Å². The molecule has 0 atom stereocenters. The number of nitrogens with zero attached hydrogens (tertiary/aromatic N) is 1. The molecule has 0 saturated carbocycles. The molecule has 1 aliphatic rings. The lowest BCUT2D eigenvalue weighted by atomic mass is 9.78. The predicted molar refractivity (Wildman–Crippen MR) is 100 cm³/mol. The summed E-state index contributed by atoms with van der Waals surface area (Å²) in [5.74, 6) is -0.237. The van der Waals surface area contributed by atoms with E-state index in [-0.39, 0.29) is 27.1 Å². The number of aromatic nitrogens is 1. The first-order chi connectivity index (χ1) is 12.1. The van der Waals surface area contributed by atoms with Crippen LogP contribution < -0.4 is 10.0 Å². The summed E-state index contributed by atoms with van der Waals surface area (Å²) in [6, 6.07) is 5.81. The number of amides is 1. The van der Waals surface area contributed by atoms with Crippen LogP contribution in [-0.4, -0.2) is 25.1 Å². The fraction of sp³-hybridized carbons (Fsp3) is 0.353. The van der Waals surface area contributed by atoms with Crippen molar-refractivity contribution in [3.8, 4) is 0 Å². The quantitative estimate of drug-likeness (QED) is 0.830. The van der Waals surface area contributed by atoms with Crippen molar-refractivity contribution in [1.29, 1.82) is 0 Å². The van der Waals surface area contributed by atoms with Gasteiger partial charge in [0.2, 0.25) is 5.91 Å². The molecule has 0 bridgehead atoms. The minimum Gasteiger partial charge on any atom is -0.326 e. The normalized spacial score (nSPS) is 16.0. The Morgan fingerprint density at radius 1 is 1.19 bits per heavy atom. The van der Waals surface area contributed by atoms with Gasteiger partial charge in [0.1, 0.15) is 0 Å². The zero-order valence-electron chi connectivity index (χ0n) is 14.6. The van der Waals surface area contributed by atoms with E-state index in [1.807, 2.05) is 13.8 Å². The number of sulfonamides is 1. The van der Waals surface area contributed by atoms with Crippen molar-refractivity contribution in [3.63, 3.8) is 0 Å². The van der Waals surface area contributed by atoms with E-state index < -0.39 is 10.0 Å². The molecule has 0 spiro atoms. The molecule has 9 heteroatoms. The lowest BCUT2D eigenvalue weighted by molar-refractivity contribution is -0.114. The smallest absolute Gasteiger partial charge is 0.263 e. The van der Waals surface area contributed by atoms with Crippen molar-refractivity contribution >= 4 is 43.9 Å². The van der Waals surface area contributed by atoms with Crippen LogP contribution in [-0.2, 0) is 21.2 Å². The Morgan fingerprint density at radius 3 is 2.46 bits per heavy atom. The maximum atomic E-state index is 12.5. The Hall–Kier alpha value is -2.26. The summed E-state index contributed by atoms with van der Waals surface area (Å²) in [5.41, 5.74) is 0.984. The number of carbonyl (C=O) groups excluding carboxylic acids is 2. The third-order valence-electron chi connectivity index (χ3n) is 3.94. The fourth-order valence-electron chi connectivity index (χ4n) is 2.86. The van der Waals surface area contributed by atoms with Crippen LogP contribution in [0.3, 0.4) is 0 Å². The van der Waals surface area contributed by atoms with Gasteiger partial charge in [0, 0.05) is 19.0 Å². The second-order valence-corrected chi connectivity index (χ2v) is 9.73. The number of thiazole rings is 1. The van der Waals surface area contributed by atoms with Gasteiger partial charge in [-0.2, -0.15) is 0 Å². The molecule has 0 aliphatic heterocycles. The molecule has 1 aliphatic carbocycles. The minimum absolute atomic E-state index is 0.00106. The topological polar surface area (TPSA) is 105 Å². The van der Waals surface area contributed by atoms with Crippen molar-refractivity contribution in [1.82, 2.24) is 4.98 Å². The molecule has 0 fully saturated rings. The van der Waals surface area contributed by atoms with E-state index in [2.05, 4.69) is 15.0 Å².